The Morgan fingerprint density at radius 3 is 2.72 bits per heavy atom. The zero-order valence-electron chi connectivity index (χ0n) is 16.3. The zero-order chi connectivity index (χ0) is 20.1. The van der Waals surface area contributed by atoms with E-state index in [-0.39, 0.29) is 11.8 Å². The zero-order valence-corrected chi connectivity index (χ0v) is 17.1. The Hall–Kier alpha value is -2.72. The lowest BCUT2D eigenvalue weighted by atomic mass is 9.91. The van der Waals surface area contributed by atoms with Crippen molar-refractivity contribution in [2.45, 2.75) is 31.6 Å². The number of rotatable bonds is 5. The maximum atomic E-state index is 12.8. The maximum Gasteiger partial charge on any atom is 0.222 e. The molecule has 3 aromatic rings. The summed E-state index contributed by atoms with van der Waals surface area (Å²) in [5.41, 5.74) is 3.98. The van der Waals surface area contributed by atoms with Crippen LogP contribution in [0.5, 0.6) is 0 Å². The van der Waals surface area contributed by atoms with Crippen LogP contribution in [0.4, 0.5) is 0 Å². The van der Waals surface area contributed by atoms with Crippen LogP contribution in [0.2, 0.25) is 5.02 Å². The second kappa shape index (κ2) is 9.19. The predicted molar refractivity (Wildman–Crippen MR) is 116 cm³/mol. The Morgan fingerprint density at radius 2 is 1.90 bits per heavy atom. The molecule has 1 saturated heterocycles. The fourth-order valence-electron chi connectivity index (χ4n) is 3.99. The summed E-state index contributed by atoms with van der Waals surface area (Å²) in [6.07, 6.45) is 6.75. The Morgan fingerprint density at radius 1 is 1.07 bits per heavy atom. The number of amides is 1. The quantitative estimate of drug-likeness (QED) is 0.590. The molecule has 1 amide bonds. The third kappa shape index (κ3) is 4.83. The number of hydrogen-bond donors (Lipinski definition) is 0. The minimum absolute atomic E-state index is 0.187. The molecule has 2 aromatic carbocycles. The molecule has 4 nitrogen and oxygen atoms in total. The number of aromatic nitrogens is 2. The number of likely N-dealkylation sites (tertiary alicyclic amines) is 1. The van der Waals surface area contributed by atoms with E-state index in [9.17, 15) is 4.79 Å². The summed E-state index contributed by atoms with van der Waals surface area (Å²) in [5, 5.41) is 0.681. The number of hydrogen-bond acceptors (Lipinski definition) is 3. The first-order chi connectivity index (χ1) is 14.2. The number of piperidine rings is 1. The number of nitrogens with zero attached hydrogens (tertiary/aromatic N) is 3. The molecule has 5 heteroatoms. The molecule has 1 atom stereocenters. The summed E-state index contributed by atoms with van der Waals surface area (Å²) in [5.74, 6) is 0.402. The minimum Gasteiger partial charge on any atom is -0.342 e. The molecular formula is C24H24ClN3O. The molecule has 4 rings (SSSR count). The van der Waals surface area contributed by atoms with Crippen LogP contribution in [0.3, 0.4) is 0 Å². The van der Waals surface area contributed by atoms with E-state index in [0.29, 0.717) is 18.0 Å². The van der Waals surface area contributed by atoms with Crippen molar-refractivity contribution < 1.29 is 4.79 Å². The molecule has 0 aliphatic carbocycles. The molecule has 1 aromatic heterocycles. The van der Waals surface area contributed by atoms with Gasteiger partial charge in [-0.3, -0.25) is 14.8 Å². The second-order valence-corrected chi connectivity index (χ2v) is 7.90. The van der Waals surface area contributed by atoms with Crippen LogP contribution in [0.1, 0.15) is 36.4 Å². The highest BCUT2D eigenvalue weighted by molar-refractivity contribution is 6.30. The number of aryl methyl sites for hydroxylation is 1. The lowest BCUT2D eigenvalue weighted by molar-refractivity contribution is -0.132. The van der Waals surface area contributed by atoms with E-state index in [1.807, 2.05) is 47.4 Å². The van der Waals surface area contributed by atoms with E-state index in [4.69, 9.17) is 11.6 Å². The molecule has 1 fully saturated rings. The molecule has 148 valence electrons. The lowest BCUT2D eigenvalue weighted by Gasteiger charge is -2.33. The molecule has 0 bridgehead atoms. The summed E-state index contributed by atoms with van der Waals surface area (Å²) < 4.78 is 0. The highest BCUT2D eigenvalue weighted by Gasteiger charge is 2.27. The van der Waals surface area contributed by atoms with Crippen LogP contribution in [-0.2, 0) is 11.2 Å². The van der Waals surface area contributed by atoms with E-state index in [0.717, 1.165) is 42.8 Å². The summed E-state index contributed by atoms with van der Waals surface area (Å²) >= 11 is 6.18. The van der Waals surface area contributed by atoms with Crippen molar-refractivity contribution in [1.29, 1.82) is 0 Å². The number of benzene rings is 2. The third-order valence-electron chi connectivity index (χ3n) is 5.46. The monoisotopic (exact) mass is 405 g/mol. The Balaban J connectivity index is 1.48. The highest BCUT2D eigenvalue weighted by atomic mass is 35.5. The van der Waals surface area contributed by atoms with Gasteiger partial charge in [0.1, 0.15) is 0 Å². The maximum absolute atomic E-state index is 12.8. The fraction of sp³-hybridized carbons (Fsp3) is 0.292. The van der Waals surface area contributed by atoms with E-state index < -0.39 is 0 Å². The third-order valence-corrected chi connectivity index (χ3v) is 5.69. The minimum atomic E-state index is 0.187. The topological polar surface area (TPSA) is 46.1 Å². The van der Waals surface area contributed by atoms with Crippen molar-refractivity contribution in [3.8, 4) is 11.3 Å². The fourth-order valence-corrected chi connectivity index (χ4v) is 4.18. The van der Waals surface area contributed by atoms with Crippen molar-refractivity contribution in [1.82, 2.24) is 14.9 Å². The van der Waals surface area contributed by atoms with Gasteiger partial charge in [0, 0.05) is 48.4 Å². The van der Waals surface area contributed by atoms with E-state index in [1.165, 1.54) is 5.56 Å². The number of carbonyl (C=O) groups excluding carboxylic acids is 1. The summed E-state index contributed by atoms with van der Waals surface area (Å²) in [4.78, 5) is 24.1. The van der Waals surface area contributed by atoms with Crippen LogP contribution >= 0.6 is 11.6 Å². The van der Waals surface area contributed by atoms with Gasteiger partial charge in [0.15, 0.2) is 0 Å². The van der Waals surface area contributed by atoms with E-state index >= 15 is 0 Å². The average Bonchev–Trinajstić information content (AvgIpc) is 2.78. The van der Waals surface area contributed by atoms with Crippen molar-refractivity contribution in [2.24, 2.45) is 0 Å². The van der Waals surface area contributed by atoms with Gasteiger partial charge in [-0.25, -0.2) is 0 Å². The van der Waals surface area contributed by atoms with Crippen molar-refractivity contribution in [3.63, 3.8) is 0 Å². The van der Waals surface area contributed by atoms with Gasteiger partial charge < -0.3 is 4.90 Å². The summed E-state index contributed by atoms with van der Waals surface area (Å²) in [6.45, 7) is 1.51. The van der Waals surface area contributed by atoms with Gasteiger partial charge in [0.05, 0.1) is 11.4 Å². The molecule has 1 aliphatic heterocycles. The van der Waals surface area contributed by atoms with Gasteiger partial charge in [0.2, 0.25) is 5.91 Å². The Kier molecular flexibility index (Phi) is 6.20. The molecule has 2 heterocycles. The first-order valence-corrected chi connectivity index (χ1v) is 10.5. The smallest absolute Gasteiger partial charge is 0.222 e. The number of carbonyl (C=O) groups is 1. The molecule has 0 spiro atoms. The standard InChI is InChI=1S/C24H24ClN3O/c25-21-10-4-8-19(16-21)23-24(27-14-13-26-23)20-9-5-15-28(17-20)22(29)12-11-18-6-2-1-3-7-18/h1-4,6-8,10,13-14,16,20H,5,9,11-12,15,17H2/t20-/m0/s1. The van der Waals surface area contributed by atoms with Crippen molar-refractivity contribution >= 4 is 17.5 Å². The average molecular weight is 406 g/mol. The van der Waals surface area contributed by atoms with E-state index in [2.05, 4.69) is 22.1 Å². The van der Waals surface area contributed by atoms with Crippen LogP contribution in [0.25, 0.3) is 11.3 Å². The molecule has 1 aliphatic rings. The molecule has 29 heavy (non-hydrogen) atoms. The Bertz CT molecular complexity index is 977. The first-order valence-electron chi connectivity index (χ1n) is 10.1. The van der Waals surface area contributed by atoms with Gasteiger partial charge in [0.25, 0.3) is 0 Å². The lowest BCUT2D eigenvalue weighted by Crippen LogP contribution is -2.39. The Labute approximate surface area is 176 Å². The molecule has 0 unspecified atom stereocenters. The molecular weight excluding hydrogens is 382 g/mol. The molecule has 0 radical (unpaired) electrons. The van der Waals surface area contributed by atoms with Gasteiger partial charge in [-0.05, 0) is 37.0 Å². The summed E-state index contributed by atoms with van der Waals surface area (Å²) in [7, 11) is 0. The van der Waals surface area contributed by atoms with Gasteiger partial charge >= 0.3 is 0 Å². The van der Waals surface area contributed by atoms with Crippen LogP contribution in [-0.4, -0.2) is 33.9 Å². The predicted octanol–water partition coefficient (Wildman–Crippen LogP) is 5.14. The van der Waals surface area contributed by atoms with Gasteiger partial charge in [-0.15, -0.1) is 0 Å². The number of halogens is 1. The summed E-state index contributed by atoms with van der Waals surface area (Å²) in [6, 6.07) is 17.9. The van der Waals surface area contributed by atoms with Gasteiger partial charge in [-0.2, -0.15) is 0 Å². The van der Waals surface area contributed by atoms with Gasteiger partial charge in [-0.1, -0.05) is 54.1 Å². The normalized spacial score (nSPS) is 16.6. The van der Waals surface area contributed by atoms with Crippen molar-refractivity contribution in [2.75, 3.05) is 13.1 Å². The van der Waals surface area contributed by atoms with Crippen molar-refractivity contribution in [3.05, 3.63) is 83.3 Å². The van der Waals surface area contributed by atoms with Crippen LogP contribution in [0, 0.1) is 0 Å². The van der Waals surface area contributed by atoms with Crippen LogP contribution < -0.4 is 0 Å². The largest absolute Gasteiger partial charge is 0.342 e. The van der Waals surface area contributed by atoms with Crippen LogP contribution in [0.15, 0.2) is 67.0 Å². The first kappa shape index (κ1) is 19.6. The van der Waals surface area contributed by atoms with E-state index in [1.54, 1.807) is 12.4 Å². The molecule has 0 N–H and O–H groups in total. The molecule has 0 saturated carbocycles. The SMILES string of the molecule is O=C(CCc1ccccc1)N1CCC[C@H](c2nccnc2-c2cccc(Cl)c2)C1. The highest BCUT2D eigenvalue weighted by Crippen LogP contribution is 2.32. The second-order valence-electron chi connectivity index (χ2n) is 7.47.